The van der Waals surface area contributed by atoms with Gasteiger partial charge in [0.25, 0.3) is 11.8 Å². The average molecular weight is 373 g/mol. The van der Waals surface area contributed by atoms with Crippen LogP contribution in [0, 0.1) is 6.92 Å². The highest BCUT2D eigenvalue weighted by atomic mass is 16.2. The molecule has 0 atom stereocenters. The highest BCUT2D eigenvalue weighted by molar-refractivity contribution is 6.07. The SMILES string of the molecule is CCN(C(=O)c1cncc(C(=O)NCc2ccccc2C)c1)c1ccccc1. The summed E-state index contributed by atoms with van der Waals surface area (Å²) in [6, 6.07) is 18.9. The molecule has 0 saturated heterocycles. The van der Waals surface area contributed by atoms with Crippen molar-refractivity contribution in [3.8, 4) is 0 Å². The summed E-state index contributed by atoms with van der Waals surface area (Å²) in [6.45, 7) is 4.86. The number of carbonyl (C=O) groups excluding carboxylic acids is 2. The number of hydrogen-bond acceptors (Lipinski definition) is 3. The van der Waals surface area contributed by atoms with Crippen LogP contribution in [0.5, 0.6) is 0 Å². The van der Waals surface area contributed by atoms with Crippen LogP contribution in [0.1, 0.15) is 38.8 Å². The molecule has 5 heteroatoms. The molecule has 5 nitrogen and oxygen atoms in total. The first kappa shape index (κ1) is 19.3. The number of nitrogens with one attached hydrogen (secondary N) is 1. The molecule has 0 radical (unpaired) electrons. The quantitative estimate of drug-likeness (QED) is 0.711. The monoisotopic (exact) mass is 373 g/mol. The number of rotatable bonds is 6. The Labute approximate surface area is 165 Å². The van der Waals surface area contributed by atoms with Crippen molar-refractivity contribution in [2.24, 2.45) is 0 Å². The van der Waals surface area contributed by atoms with Gasteiger partial charge in [-0.3, -0.25) is 14.6 Å². The molecule has 0 aliphatic carbocycles. The Bertz CT molecular complexity index is 970. The van der Waals surface area contributed by atoms with Crippen LogP contribution in [0.15, 0.2) is 73.1 Å². The van der Waals surface area contributed by atoms with Crippen LogP contribution in [0.4, 0.5) is 5.69 Å². The summed E-state index contributed by atoms with van der Waals surface area (Å²) in [5, 5.41) is 2.89. The minimum absolute atomic E-state index is 0.185. The van der Waals surface area contributed by atoms with Gasteiger partial charge in [-0.2, -0.15) is 0 Å². The number of nitrogens with zero attached hydrogens (tertiary/aromatic N) is 2. The lowest BCUT2D eigenvalue weighted by molar-refractivity contribution is 0.0950. The number of carbonyl (C=O) groups is 2. The minimum Gasteiger partial charge on any atom is -0.348 e. The molecule has 0 saturated carbocycles. The Hall–Kier alpha value is -3.47. The molecule has 0 fully saturated rings. The van der Waals surface area contributed by atoms with E-state index in [2.05, 4.69) is 10.3 Å². The Balaban J connectivity index is 1.75. The van der Waals surface area contributed by atoms with Gasteiger partial charge in [0.15, 0.2) is 0 Å². The van der Waals surface area contributed by atoms with Crippen molar-refractivity contribution >= 4 is 17.5 Å². The van der Waals surface area contributed by atoms with E-state index in [4.69, 9.17) is 0 Å². The molecule has 1 heterocycles. The van der Waals surface area contributed by atoms with Crippen molar-refractivity contribution < 1.29 is 9.59 Å². The van der Waals surface area contributed by atoms with E-state index >= 15 is 0 Å². The van der Waals surface area contributed by atoms with Gasteiger partial charge in [-0.25, -0.2) is 0 Å². The lowest BCUT2D eigenvalue weighted by Crippen LogP contribution is -2.31. The molecular weight excluding hydrogens is 350 g/mol. The van der Waals surface area contributed by atoms with Crippen molar-refractivity contribution in [2.75, 3.05) is 11.4 Å². The lowest BCUT2D eigenvalue weighted by atomic mass is 10.1. The number of pyridine rings is 1. The number of aromatic nitrogens is 1. The zero-order valence-electron chi connectivity index (χ0n) is 16.1. The number of aryl methyl sites for hydroxylation is 1. The molecular formula is C23H23N3O2. The highest BCUT2D eigenvalue weighted by Crippen LogP contribution is 2.17. The molecule has 2 aromatic carbocycles. The first-order valence-electron chi connectivity index (χ1n) is 9.25. The van der Waals surface area contributed by atoms with E-state index in [1.54, 1.807) is 11.0 Å². The Morgan fingerprint density at radius 1 is 0.964 bits per heavy atom. The smallest absolute Gasteiger partial charge is 0.259 e. The number of para-hydroxylation sites is 1. The van der Waals surface area contributed by atoms with Crippen LogP contribution in [0.2, 0.25) is 0 Å². The van der Waals surface area contributed by atoms with Crippen molar-refractivity contribution in [3.63, 3.8) is 0 Å². The predicted molar refractivity (Wildman–Crippen MR) is 110 cm³/mol. The molecule has 0 aliphatic rings. The number of amides is 2. The number of benzene rings is 2. The molecule has 0 aliphatic heterocycles. The second-order valence-electron chi connectivity index (χ2n) is 6.46. The summed E-state index contributed by atoms with van der Waals surface area (Å²) in [7, 11) is 0. The van der Waals surface area contributed by atoms with E-state index in [9.17, 15) is 9.59 Å². The van der Waals surface area contributed by atoms with E-state index in [0.717, 1.165) is 16.8 Å². The van der Waals surface area contributed by atoms with E-state index in [-0.39, 0.29) is 11.8 Å². The molecule has 0 unspecified atom stereocenters. The fraction of sp³-hybridized carbons (Fsp3) is 0.174. The molecule has 0 spiro atoms. The zero-order valence-corrected chi connectivity index (χ0v) is 16.1. The summed E-state index contributed by atoms with van der Waals surface area (Å²) < 4.78 is 0. The second kappa shape index (κ2) is 8.95. The minimum atomic E-state index is -0.256. The van der Waals surface area contributed by atoms with Gasteiger partial charge in [0, 0.05) is 31.2 Å². The Morgan fingerprint density at radius 2 is 1.64 bits per heavy atom. The topological polar surface area (TPSA) is 62.3 Å². The summed E-state index contributed by atoms with van der Waals surface area (Å²) in [5.74, 6) is -0.442. The summed E-state index contributed by atoms with van der Waals surface area (Å²) in [5.41, 5.74) is 3.73. The number of anilines is 1. The van der Waals surface area contributed by atoms with Gasteiger partial charge >= 0.3 is 0 Å². The summed E-state index contributed by atoms with van der Waals surface area (Å²) in [4.78, 5) is 31.2. The van der Waals surface area contributed by atoms with E-state index < -0.39 is 0 Å². The second-order valence-corrected chi connectivity index (χ2v) is 6.46. The zero-order chi connectivity index (χ0) is 19.9. The molecule has 3 rings (SSSR count). The van der Waals surface area contributed by atoms with Crippen LogP contribution in [-0.4, -0.2) is 23.3 Å². The average Bonchev–Trinajstić information content (AvgIpc) is 2.74. The van der Waals surface area contributed by atoms with Crippen molar-refractivity contribution in [3.05, 3.63) is 95.3 Å². The molecule has 142 valence electrons. The van der Waals surface area contributed by atoms with Crippen molar-refractivity contribution in [1.29, 1.82) is 0 Å². The van der Waals surface area contributed by atoms with E-state index in [0.29, 0.717) is 24.2 Å². The molecule has 0 bridgehead atoms. The van der Waals surface area contributed by atoms with Gasteiger partial charge in [-0.15, -0.1) is 0 Å². The fourth-order valence-electron chi connectivity index (χ4n) is 2.97. The van der Waals surface area contributed by atoms with E-state index in [1.807, 2.05) is 68.4 Å². The maximum Gasteiger partial charge on any atom is 0.259 e. The predicted octanol–water partition coefficient (Wildman–Crippen LogP) is 3.99. The first-order chi connectivity index (χ1) is 13.6. The largest absolute Gasteiger partial charge is 0.348 e. The van der Waals surface area contributed by atoms with Crippen LogP contribution in [0.3, 0.4) is 0 Å². The molecule has 2 amide bonds. The van der Waals surface area contributed by atoms with Gasteiger partial charge in [-0.1, -0.05) is 42.5 Å². The maximum atomic E-state index is 12.9. The maximum absolute atomic E-state index is 12.9. The summed E-state index contributed by atoms with van der Waals surface area (Å²) in [6.07, 6.45) is 2.97. The van der Waals surface area contributed by atoms with Crippen molar-refractivity contribution in [2.45, 2.75) is 20.4 Å². The van der Waals surface area contributed by atoms with Crippen LogP contribution in [0.25, 0.3) is 0 Å². The number of hydrogen-bond donors (Lipinski definition) is 1. The Kier molecular flexibility index (Phi) is 6.17. The third-order valence-corrected chi connectivity index (χ3v) is 4.58. The van der Waals surface area contributed by atoms with E-state index in [1.165, 1.54) is 12.4 Å². The fourth-order valence-corrected chi connectivity index (χ4v) is 2.97. The first-order valence-corrected chi connectivity index (χ1v) is 9.25. The van der Waals surface area contributed by atoms with Gasteiger partial charge in [0.1, 0.15) is 0 Å². The summed E-state index contributed by atoms with van der Waals surface area (Å²) >= 11 is 0. The van der Waals surface area contributed by atoms with Crippen molar-refractivity contribution in [1.82, 2.24) is 10.3 Å². The Morgan fingerprint density at radius 3 is 2.36 bits per heavy atom. The third-order valence-electron chi connectivity index (χ3n) is 4.58. The van der Waals surface area contributed by atoms with Crippen LogP contribution in [-0.2, 0) is 6.54 Å². The van der Waals surface area contributed by atoms with Crippen LogP contribution < -0.4 is 10.2 Å². The third kappa shape index (κ3) is 4.43. The van der Waals surface area contributed by atoms with Gasteiger partial charge in [0.05, 0.1) is 11.1 Å². The molecule has 3 aromatic rings. The molecule has 1 aromatic heterocycles. The molecule has 1 N–H and O–H groups in total. The lowest BCUT2D eigenvalue weighted by Gasteiger charge is -2.21. The highest BCUT2D eigenvalue weighted by Gasteiger charge is 2.18. The standard InChI is InChI=1S/C23H23N3O2/c1-3-26(21-11-5-4-6-12-21)23(28)20-13-19(14-24-15-20)22(27)25-16-18-10-8-7-9-17(18)2/h4-15H,3,16H2,1-2H3,(H,25,27). The van der Waals surface area contributed by atoms with Gasteiger partial charge in [0.2, 0.25) is 0 Å². The normalized spacial score (nSPS) is 10.4. The molecule has 28 heavy (non-hydrogen) atoms. The van der Waals surface area contributed by atoms with Crippen LogP contribution >= 0.6 is 0 Å². The van der Waals surface area contributed by atoms with Gasteiger partial charge in [-0.05, 0) is 43.2 Å². The van der Waals surface area contributed by atoms with Gasteiger partial charge < -0.3 is 10.2 Å².